The van der Waals surface area contributed by atoms with E-state index in [2.05, 4.69) is 10.6 Å². The number of halogens is 1. The summed E-state index contributed by atoms with van der Waals surface area (Å²) in [6.45, 7) is 0. The molecule has 0 bridgehead atoms. The van der Waals surface area contributed by atoms with Gasteiger partial charge in [-0.25, -0.2) is 0 Å². The number of benzene rings is 2. The molecule has 2 N–H and O–H groups in total. The first-order chi connectivity index (χ1) is 12.0. The summed E-state index contributed by atoms with van der Waals surface area (Å²) in [5, 5.41) is 6.04. The smallest absolute Gasteiger partial charge is 0.261 e. The Morgan fingerprint density at radius 1 is 1.00 bits per heavy atom. The quantitative estimate of drug-likeness (QED) is 0.774. The highest BCUT2D eigenvalue weighted by Crippen LogP contribution is 2.27. The lowest BCUT2D eigenvalue weighted by atomic mass is 10.2. The first kappa shape index (κ1) is 18.8. The van der Waals surface area contributed by atoms with Gasteiger partial charge in [0, 0.05) is 11.8 Å². The number of hydrogen-bond acceptors (Lipinski definition) is 5. The first-order valence-electron chi connectivity index (χ1n) is 7.16. The van der Waals surface area contributed by atoms with Gasteiger partial charge in [0.1, 0.15) is 17.2 Å². The second-order valence-electron chi connectivity index (χ2n) is 4.82. The molecule has 0 fully saturated rings. The molecule has 8 heteroatoms. The van der Waals surface area contributed by atoms with E-state index in [-0.39, 0.29) is 5.11 Å². The van der Waals surface area contributed by atoms with Gasteiger partial charge in [0.05, 0.1) is 31.9 Å². The largest absolute Gasteiger partial charge is 0.497 e. The van der Waals surface area contributed by atoms with Crippen LogP contribution in [-0.4, -0.2) is 32.3 Å². The molecule has 2 aromatic rings. The van der Waals surface area contributed by atoms with Crippen molar-refractivity contribution in [3.8, 4) is 17.2 Å². The minimum Gasteiger partial charge on any atom is -0.497 e. The lowest BCUT2D eigenvalue weighted by Crippen LogP contribution is -2.34. The van der Waals surface area contributed by atoms with E-state index >= 15 is 0 Å². The lowest BCUT2D eigenvalue weighted by molar-refractivity contribution is 0.0974. The number of ether oxygens (including phenoxy) is 3. The van der Waals surface area contributed by atoms with Crippen molar-refractivity contribution in [3.05, 3.63) is 47.0 Å². The van der Waals surface area contributed by atoms with Crippen LogP contribution in [0.15, 0.2) is 36.4 Å². The third kappa shape index (κ3) is 4.74. The van der Waals surface area contributed by atoms with Crippen molar-refractivity contribution in [1.82, 2.24) is 5.32 Å². The number of rotatable bonds is 5. The number of carbonyl (C=O) groups excluding carboxylic acids is 1. The molecule has 0 unspecified atom stereocenters. The van der Waals surface area contributed by atoms with Crippen LogP contribution in [0, 0.1) is 0 Å². The van der Waals surface area contributed by atoms with Crippen LogP contribution in [0.5, 0.6) is 17.2 Å². The van der Waals surface area contributed by atoms with Gasteiger partial charge in [0.2, 0.25) is 0 Å². The first-order valence-corrected chi connectivity index (χ1v) is 7.95. The third-order valence-electron chi connectivity index (χ3n) is 3.29. The van der Waals surface area contributed by atoms with E-state index in [1.165, 1.54) is 21.3 Å². The normalized spacial score (nSPS) is 9.92. The summed E-state index contributed by atoms with van der Waals surface area (Å²) in [5.41, 5.74) is 0.956. The number of thiocarbonyl (C=S) groups is 1. The maximum absolute atomic E-state index is 12.4. The van der Waals surface area contributed by atoms with Gasteiger partial charge in [-0.3, -0.25) is 10.1 Å². The van der Waals surface area contributed by atoms with E-state index in [0.29, 0.717) is 33.5 Å². The summed E-state index contributed by atoms with van der Waals surface area (Å²) in [5.74, 6) is 1.11. The molecular formula is C17H17ClN2O4S. The molecular weight excluding hydrogens is 364 g/mol. The van der Waals surface area contributed by atoms with Crippen LogP contribution in [-0.2, 0) is 0 Å². The van der Waals surface area contributed by atoms with Crippen LogP contribution in [0.2, 0.25) is 5.02 Å². The lowest BCUT2D eigenvalue weighted by Gasteiger charge is -2.13. The summed E-state index contributed by atoms with van der Waals surface area (Å²) in [6.07, 6.45) is 0. The molecule has 2 rings (SSSR count). The highest BCUT2D eigenvalue weighted by molar-refractivity contribution is 7.80. The van der Waals surface area contributed by atoms with Gasteiger partial charge in [0.15, 0.2) is 5.11 Å². The zero-order valence-corrected chi connectivity index (χ0v) is 15.5. The van der Waals surface area contributed by atoms with Gasteiger partial charge < -0.3 is 19.5 Å². The van der Waals surface area contributed by atoms with Crippen LogP contribution in [0.4, 0.5) is 5.69 Å². The zero-order chi connectivity index (χ0) is 18.4. The van der Waals surface area contributed by atoms with Crippen molar-refractivity contribution in [1.29, 1.82) is 0 Å². The SMILES string of the molecule is COc1ccc(C(=O)NC(=S)Nc2ccc(OC)c(Cl)c2)c(OC)c1. The van der Waals surface area contributed by atoms with Gasteiger partial charge in [-0.15, -0.1) is 0 Å². The Morgan fingerprint density at radius 3 is 2.32 bits per heavy atom. The van der Waals surface area contributed by atoms with E-state index in [1.807, 2.05) is 0 Å². The Kier molecular flexibility index (Phi) is 6.44. The minimum atomic E-state index is -0.406. The molecule has 0 saturated heterocycles. The highest BCUT2D eigenvalue weighted by Gasteiger charge is 2.15. The maximum atomic E-state index is 12.4. The van der Waals surface area contributed by atoms with Crippen molar-refractivity contribution in [2.75, 3.05) is 26.6 Å². The average Bonchev–Trinajstić information content (AvgIpc) is 2.61. The molecule has 132 valence electrons. The van der Waals surface area contributed by atoms with Gasteiger partial charge in [-0.05, 0) is 42.5 Å². The Morgan fingerprint density at radius 2 is 1.72 bits per heavy atom. The standard InChI is InChI=1S/C17H17ClN2O4S/c1-22-11-5-6-12(15(9-11)24-3)16(21)20-17(25)19-10-4-7-14(23-2)13(18)8-10/h4-9H,1-3H3,(H2,19,20,21,25). The van der Waals surface area contributed by atoms with Crippen molar-refractivity contribution < 1.29 is 19.0 Å². The molecule has 0 aliphatic heterocycles. The molecule has 0 radical (unpaired) electrons. The number of amides is 1. The topological polar surface area (TPSA) is 68.8 Å². The average molecular weight is 381 g/mol. The molecule has 6 nitrogen and oxygen atoms in total. The Balaban J connectivity index is 2.07. The van der Waals surface area contributed by atoms with Crippen molar-refractivity contribution in [2.24, 2.45) is 0 Å². The van der Waals surface area contributed by atoms with Gasteiger partial charge in [-0.2, -0.15) is 0 Å². The summed E-state index contributed by atoms with van der Waals surface area (Å²) in [6, 6.07) is 9.96. The molecule has 0 aromatic heterocycles. The fraction of sp³-hybridized carbons (Fsp3) is 0.176. The van der Waals surface area contributed by atoms with Crippen molar-refractivity contribution in [2.45, 2.75) is 0 Å². The Bertz CT molecular complexity index is 798. The fourth-order valence-corrected chi connectivity index (χ4v) is 2.53. The summed E-state index contributed by atoms with van der Waals surface area (Å²) in [7, 11) is 4.54. The van der Waals surface area contributed by atoms with Gasteiger partial charge in [0.25, 0.3) is 5.91 Å². The monoisotopic (exact) mass is 380 g/mol. The van der Waals surface area contributed by atoms with Crippen molar-refractivity contribution >= 4 is 40.5 Å². The molecule has 0 heterocycles. The van der Waals surface area contributed by atoms with Gasteiger partial charge in [-0.1, -0.05) is 11.6 Å². The molecule has 0 aliphatic carbocycles. The van der Waals surface area contributed by atoms with E-state index in [1.54, 1.807) is 36.4 Å². The predicted molar refractivity (Wildman–Crippen MR) is 101 cm³/mol. The predicted octanol–water partition coefficient (Wildman–Crippen LogP) is 3.49. The molecule has 0 atom stereocenters. The van der Waals surface area contributed by atoms with Crippen LogP contribution in [0.1, 0.15) is 10.4 Å². The number of anilines is 1. The van der Waals surface area contributed by atoms with Crippen LogP contribution < -0.4 is 24.8 Å². The van der Waals surface area contributed by atoms with E-state index < -0.39 is 5.91 Å². The van der Waals surface area contributed by atoms with Crippen LogP contribution in [0.25, 0.3) is 0 Å². The van der Waals surface area contributed by atoms with Crippen LogP contribution >= 0.6 is 23.8 Å². The van der Waals surface area contributed by atoms with Gasteiger partial charge >= 0.3 is 0 Å². The number of methoxy groups -OCH3 is 3. The second-order valence-corrected chi connectivity index (χ2v) is 5.64. The fourth-order valence-electron chi connectivity index (χ4n) is 2.06. The maximum Gasteiger partial charge on any atom is 0.261 e. The van der Waals surface area contributed by atoms with Crippen LogP contribution in [0.3, 0.4) is 0 Å². The van der Waals surface area contributed by atoms with Crippen molar-refractivity contribution in [3.63, 3.8) is 0 Å². The molecule has 0 aliphatic rings. The Hall–Kier alpha value is -2.51. The second kappa shape index (κ2) is 8.55. The zero-order valence-electron chi connectivity index (χ0n) is 13.9. The molecule has 0 spiro atoms. The van der Waals surface area contributed by atoms with E-state index in [4.69, 9.17) is 38.0 Å². The number of carbonyl (C=O) groups is 1. The summed E-state index contributed by atoms with van der Waals surface area (Å²) >= 11 is 11.2. The third-order valence-corrected chi connectivity index (χ3v) is 3.79. The number of hydrogen-bond donors (Lipinski definition) is 2. The number of nitrogens with one attached hydrogen (secondary N) is 2. The highest BCUT2D eigenvalue weighted by atomic mass is 35.5. The molecule has 0 saturated carbocycles. The minimum absolute atomic E-state index is 0.129. The summed E-state index contributed by atoms with van der Waals surface area (Å²) < 4.78 is 15.4. The van der Waals surface area contributed by atoms with E-state index in [0.717, 1.165) is 0 Å². The molecule has 2 aromatic carbocycles. The molecule has 1 amide bonds. The summed E-state index contributed by atoms with van der Waals surface area (Å²) in [4.78, 5) is 12.4. The molecule has 25 heavy (non-hydrogen) atoms. The van der Waals surface area contributed by atoms with E-state index in [9.17, 15) is 4.79 Å². The Labute approximate surface area is 156 Å².